The van der Waals surface area contributed by atoms with Gasteiger partial charge in [-0.05, 0) is 49.4 Å². The average molecular weight is 339 g/mol. The van der Waals surface area contributed by atoms with Crippen molar-refractivity contribution < 1.29 is 4.79 Å². The maximum absolute atomic E-state index is 12.3. The van der Waals surface area contributed by atoms with Crippen molar-refractivity contribution in [2.45, 2.75) is 33.2 Å². The first-order valence-electron chi connectivity index (χ1n) is 7.26. The Labute approximate surface area is 129 Å². The highest BCUT2D eigenvalue weighted by Gasteiger charge is 2.28. The van der Waals surface area contributed by atoms with Crippen molar-refractivity contribution in [3.63, 3.8) is 0 Å². The SMILES string of the molecule is CC1CC(C)CN(C(C)C(=O)Nc2ccc(Br)cc2)C1. The third kappa shape index (κ3) is 4.06. The maximum atomic E-state index is 12.3. The van der Waals surface area contributed by atoms with Crippen molar-refractivity contribution in [2.24, 2.45) is 11.8 Å². The lowest BCUT2D eigenvalue weighted by Gasteiger charge is -2.38. The molecule has 3 unspecified atom stereocenters. The van der Waals surface area contributed by atoms with E-state index in [4.69, 9.17) is 0 Å². The molecule has 1 saturated heterocycles. The number of hydrogen-bond acceptors (Lipinski definition) is 2. The fourth-order valence-corrected chi connectivity index (χ4v) is 3.24. The number of hydrogen-bond donors (Lipinski definition) is 1. The second-order valence-corrected chi connectivity index (χ2v) is 6.99. The van der Waals surface area contributed by atoms with E-state index >= 15 is 0 Å². The van der Waals surface area contributed by atoms with Gasteiger partial charge in [0.15, 0.2) is 0 Å². The fourth-order valence-electron chi connectivity index (χ4n) is 2.97. The number of likely N-dealkylation sites (tertiary alicyclic amines) is 1. The molecule has 0 radical (unpaired) electrons. The Balaban J connectivity index is 1.96. The molecule has 110 valence electrons. The monoisotopic (exact) mass is 338 g/mol. The minimum atomic E-state index is -0.0798. The van der Waals surface area contributed by atoms with Gasteiger partial charge in [-0.1, -0.05) is 29.8 Å². The number of rotatable bonds is 3. The van der Waals surface area contributed by atoms with Gasteiger partial charge in [0.1, 0.15) is 0 Å². The van der Waals surface area contributed by atoms with Gasteiger partial charge in [0.25, 0.3) is 0 Å². The van der Waals surface area contributed by atoms with Crippen molar-refractivity contribution in [3.8, 4) is 0 Å². The van der Waals surface area contributed by atoms with Gasteiger partial charge in [-0.25, -0.2) is 0 Å². The summed E-state index contributed by atoms with van der Waals surface area (Å²) in [4.78, 5) is 14.6. The summed E-state index contributed by atoms with van der Waals surface area (Å²) < 4.78 is 1.02. The zero-order chi connectivity index (χ0) is 14.7. The first-order valence-corrected chi connectivity index (χ1v) is 8.05. The largest absolute Gasteiger partial charge is 0.325 e. The summed E-state index contributed by atoms with van der Waals surface area (Å²) in [5, 5.41) is 2.99. The van der Waals surface area contributed by atoms with Crippen LogP contribution in [0, 0.1) is 11.8 Å². The normalized spacial score (nSPS) is 25.2. The number of piperidine rings is 1. The van der Waals surface area contributed by atoms with Crippen LogP contribution in [0.1, 0.15) is 27.2 Å². The van der Waals surface area contributed by atoms with E-state index < -0.39 is 0 Å². The Bertz CT molecular complexity index is 450. The average Bonchev–Trinajstić information content (AvgIpc) is 2.39. The molecule has 1 aromatic rings. The van der Waals surface area contributed by atoms with Crippen molar-refractivity contribution in [1.29, 1.82) is 0 Å². The Morgan fingerprint density at radius 1 is 1.25 bits per heavy atom. The molecule has 4 heteroatoms. The molecule has 1 amide bonds. The zero-order valence-electron chi connectivity index (χ0n) is 12.4. The van der Waals surface area contributed by atoms with Crippen LogP contribution in [0.3, 0.4) is 0 Å². The van der Waals surface area contributed by atoms with Crippen LogP contribution < -0.4 is 5.32 Å². The lowest BCUT2D eigenvalue weighted by Crippen LogP contribution is -2.48. The van der Waals surface area contributed by atoms with E-state index in [-0.39, 0.29) is 11.9 Å². The van der Waals surface area contributed by atoms with E-state index in [2.05, 4.69) is 40.0 Å². The summed E-state index contributed by atoms with van der Waals surface area (Å²) >= 11 is 3.40. The molecule has 1 aliphatic heterocycles. The Kier molecular flexibility index (Phi) is 5.22. The highest BCUT2D eigenvalue weighted by atomic mass is 79.9. The predicted octanol–water partition coefficient (Wildman–Crippen LogP) is 3.75. The lowest BCUT2D eigenvalue weighted by molar-refractivity contribution is -0.121. The highest BCUT2D eigenvalue weighted by molar-refractivity contribution is 9.10. The topological polar surface area (TPSA) is 32.3 Å². The van der Waals surface area contributed by atoms with Crippen LogP contribution in [-0.2, 0) is 4.79 Å². The molecule has 0 saturated carbocycles. The molecule has 0 bridgehead atoms. The quantitative estimate of drug-likeness (QED) is 0.910. The number of carbonyl (C=O) groups excluding carboxylic acids is 1. The molecular weight excluding hydrogens is 316 g/mol. The van der Waals surface area contributed by atoms with E-state index in [1.807, 2.05) is 31.2 Å². The summed E-state index contributed by atoms with van der Waals surface area (Å²) in [6.07, 6.45) is 1.26. The van der Waals surface area contributed by atoms with Gasteiger partial charge in [0.05, 0.1) is 6.04 Å². The van der Waals surface area contributed by atoms with Gasteiger partial charge in [-0.3, -0.25) is 9.69 Å². The number of nitrogens with zero attached hydrogens (tertiary/aromatic N) is 1. The van der Waals surface area contributed by atoms with Gasteiger partial charge in [-0.15, -0.1) is 0 Å². The molecule has 3 nitrogen and oxygen atoms in total. The molecule has 1 heterocycles. The number of halogens is 1. The van der Waals surface area contributed by atoms with E-state index in [1.54, 1.807) is 0 Å². The summed E-state index contributed by atoms with van der Waals surface area (Å²) in [6, 6.07) is 7.62. The third-order valence-electron chi connectivity index (χ3n) is 3.94. The van der Waals surface area contributed by atoms with Gasteiger partial charge >= 0.3 is 0 Å². The molecule has 20 heavy (non-hydrogen) atoms. The third-order valence-corrected chi connectivity index (χ3v) is 4.46. The molecule has 0 spiro atoms. The molecule has 2 rings (SSSR count). The Morgan fingerprint density at radius 2 is 1.80 bits per heavy atom. The standard InChI is InChI=1S/C16H23BrN2O/c1-11-8-12(2)10-19(9-11)13(3)16(20)18-15-6-4-14(17)5-7-15/h4-7,11-13H,8-10H2,1-3H3,(H,18,20). The second kappa shape index (κ2) is 6.72. The fraction of sp³-hybridized carbons (Fsp3) is 0.562. The van der Waals surface area contributed by atoms with Gasteiger partial charge in [0.2, 0.25) is 5.91 Å². The van der Waals surface area contributed by atoms with Crippen LogP contribution in [0.25, 0.3) is 0 Å². The van der Waals surface area contributed by atoms with Crippen LogP contribution >= 0.6 is 15.9 Å². The van der Waals surface area contributed by atoms with Crippen molar-refractivity contribution >= 4 is 27.5 Å². The van der Waals surface area contributed by atoms with Gasteiger partial charge < -0.3 is 5.32 Å². The number of anilines is 1. The van der Waals surface area contributed by atoms with Crippen LogP contribution in [0.5, 0.6) is 0 Å². The minimum Gasteiger partial charge on any atom is -0.325 e. The van der Waals surface area contributed by atoms with E-state index in [1.165, 1.54) is 6.42 Å². The van der Waals surface area contributed by atoms with Crippen molar-refractivity contribution in [3.05, 3.63) is 28.7 Å². The first-order chi connectivity index (χ1) is 9.45. The predicted molar refractivity (Wildman–Crippen MR) is 86.8 cm³/mol. The lowest BCUT2D eigenvalue weighted by atomic mass is 9.91. The first kappa shape index (κ1) is 15.5. The number of amides is 1. The molecule has 0 aliphatic carbocycles. The number of benzene rings is 1. The molecule has 0 aromatic heterocycles. The summed E-state index contributed by atoms with van der Waals surface area (Å²) in [5.74, 6) is 1.41. The van der Waals surface area contributed by atoms with Crippen molar-refractivity contribution in [2.75, 3.05) is 18.4 Å². The highest BCUT2D eigenvalue weighted by Crippen LogP contribution is 2.23. The number of nitrogens with one attached hydrogen (secondary N) is 1. The number of carbonyl (C=O) groups is 1. The van der Waals surface area contributed by atoms with Gasteiger partial charge in [0, 0.05) is 23.2 Å². The van der Waals surface area contributed by atoms with Crippen LogP contribution in [0.2, 0.25) is 0 Å². The van der Waals surface area contributed by atoms with Crippen molar-refractivity contribution in [1.82, 2.24) is 4.90 Å². The van der Waals surface area contributed by atoms with Crippen LogP contribution in [0.4, 0.5) is 5.69 Å². The second-order valence-electron chi connectivity index (χ2n) is 6.07. The summed E-state index contributed by atoms with van der Waals surface area (Å²) in [5.41, 5.74) is 0.850. The van der Waals surface area contributed by atoms with E-state index in [0.29, 0.717) is 11.8 Å². The Morgan fingerprint density at radius 3 is 2.35 bits per heavy atom. The molecule has 1 fully saturated rings. The maximum Gasteiger partial charge on any atom is 0.241 e. The molecular formula is C16H23BrN2O. The Hall–Kier alpha value is -0.870. The smallest absolute Gasteiger partial charge is 0.241 e. The van der Waals surface area contributed by atoms with Crippen LogP contribution in [-0.4, -0.2) is 29.9 Å². The summed E-state index contributed by atoms with van der Waals surface area (Å²) in [7, 11) is 0. The minimum absolute atomic E-state index is 0.0774. The van der Waals surface area contributed by atoms with Gasteiger partial charge in [-0.2, -0.15) is 0 Å². The zero-order valence-corrected chi connectivity index (χ0v) is 14.0. The molecule has 1 N–H and O–H groups in total. The summed E-state index contributed by atoms with van der Waals surface area (Å²) in [6.45, 7) is 8.56. The molecule has 1 aliphatic rings. The molecule has 3 atom stereocenters. The molecule has 1 aromatic carbocycles. The van der Waals surface area contributed by atoms with E-state index in [0.717, 1.165) is 23.2 Å². The van der Waals surface area contributed by atoms with Crippen LogP contribution in [0.15, 0.2) is 28.7 Å². The van der Waals surface area contributed by atoms with E-state index in [9.17, 15) is 4.79 Å².